The van der Waals surface area contributed by atoms with Crippen molar-refractivity contribution in [1.82, 2.24) is 4.90 Å². The number of hydrogen-bond donors (Lipinski definition) is 0. The minimum absolute atomic E-state index is 0.116. The molecule has 2 aliphatic rings. The number of fused-ring (bicyclic) bond motifs is 2. The number of carbonyl (C=O) groups is 1. The summed E-state index contributed by atoms with van der Waals surface area (Å²) in [5.74, 6) is 0.0195. The summed E-state index contributed by atoms with van der Waals surface area (Å²) in [5.41, 5.74) is 1.99. The fraction of sp³-hybridized carbons (Fsp3) is 0.348. The van der Waals surface area contributed by atoms with Crippen LogP contribution in [-0.4, -0.2) is 44.1 Å². The summed E-state index contributed by atoms with van der Waals surface area (Å²) in [6.07, 6.45) is 3.82. The number of benzene rings is 2. The van der Waals surface area contributed by atoms with Crippen molar-refractivity contribution in [3.05, 3.63) is 72.1 Å². The number of anilines is 1. The summed E-state index contributed by atoms with van der Waals surface area (Å²) in [7, 11) is 1.65. The van der Waals surface area contributed by atoms with Gasteiger partial charge in [-0.05, 0) is 61.8 Å². The molecule has 1 spiro atoms. The number of nitrogens with zero attached hydrogens (tertiary/aromatic N) is 2. The second-order valence-electron chi connectivity index (χ2n) is 7.62. The van der Waals surface area contributed by atoms with Crippen LogP contribution in [-0.2, 0) is 5.41 Å². The van der Waals surface area contributed by atoms with Gasteiger partial charge in [0.15, 0.2) is 0 Å². The van der Waals surface area contributed by atoms with Crippen molar-refractivity contribution in [3.63, 3.8) is 0 Å². The first-order chi connectivity index (χ1) is 13.6. The van der Waals surface area contributed by atoms with E-state index in [1.165, 1.54) is 6.07 Å². The molecule has 2 heterocycles. The number of rotatable bonds is 4. The highest BCUT2D eigenvalue weighted by Crippen LogP contribution is 2.48. The van der Waals surface area contributed by atoms with E-state index in [0.717, 1.165) is 49.5 Å². The molecular weight excluding hydrogens is 355 g/mol. The van der Waals surface area contributed by atoms with Gasteiger partial charge >= 0.3 is 0 Å². The van der Waals surface area contributed by atoms with Crippen molar-refractivity contribution in [2.75, 3.05) is 38.2 Å². The van der Waals surface area contributed by atoms with Gasteiger partial charge in [-0.2, -0.15) is 0 Å². The highest BCUT2D eigenvalue weighted by atomic mass is 19.1. The molecule has 1 saturated heterocycles. The van der Waals surface area contributed by atoms with E-state index < -0.39 is 5.82 Å². The zero-order chi connectivity index (χ0) is 19.7. The molecule has 146 valence electrons. The van der Waals surface area contributed by atoms with Crippen molar-refractivity contribution >= 4 is 11.6 Å². The number of likely N-dealkylation sites (tertiary alicyclic amines) is 1. The van der Waals surface area contributed by atoms with Crippen LogP contribution in [0.25, 0.3) is 0 Å². The predicted octanol–water partition coefficient (Wildman–Crippen LogP) is 4.01. The normalized spacial score (nSPS) is 18.1. The maximum Gasteiger partial charge on any atom is 0.261 e. The topological polar surface area (TPSA) is 32.8 Å². The summed E-state index contributed by atoms with van der Waals surface area (Å²) in [6, 6.07) is 12.0. The lowest BCUT2D eigenvalue weighted by molar-refractivity contribution is 0.0974. The Balaban J connectivity index is 1.71. The minimum atomic E-state index is -0.482. The highest BCUT2D eigenvalue weighted by Gasteiger charge is 2.46. The Bertz CT molecular complexity index is 903. The molecular formula is C23H25FN2O2. The Morgan fingerprint density at radius 2 is 2.00 bits per heavy atom. The van der Waals surface area contributed by atoms with E-state index in [-0.39, 0.29) is 16.9 Å². The average molecular weight is 380 g/mol. The molecule has 1 amide bonds. The van der Waals surface area contributed by atoms with Gasteiger partial charge in [0.1, 0.15) is 11.6 Å². The van der Waals surface area contributed by atoms with E-state index in [2.05, 4.69) is 11.5 Å². The second-order valence-corrected chi connectivity index (χ2v) is 7.62. The van der Waals surface area contributed by atoms with Crippen LogP contribution in [0.5, 0.6) is 5.75 Å². The van der Waals surface area contributed by atoms with E-state index in [4.69, 9.17) is 4.74 Å². The van der Waals surface area contributed by atoms with Crippen LogP contribution in [0.4, 0.5) is 10.1 Å². The lowest BCUT2D eigenvalue weighted by Crippen LogP contribution is -2.46. The van der Waals surface area contributed by atoms with Gasteiger partial charge < -0.3 is 9.64 Å². The molecule has 0 aromatic heterocycles. The zero-order valence-electron chi connectivity index (χ0n) is 16.2. The fourth-order valence-electron chi connectivity index (χ4n) is 4.51. The minimum Gasteiger partial charge on any atom is -0.497 e. The SMILES string of the molecule is C=CCN1CCC2(CC1)CN(C(=O)c1ccccc1F)c1ccc(OC)cc12. The number of halogens is 1. The van der Waals surface area contributed by atoms with Gasteiger partial charge in [-0.1, -0.05) is 18.2 Å². The second kappa shape index (κ2) is 7.40. The lowest BCUT2D eigenvalue weighted by atomic mass is 9.74. The third kappa shape index (κ3) is 3.10. The van der Waals surface area contributed by atoms with Crippen molar-refractivity contribution in [2.24, 2.45) is 0 Å². The standard InChI is InChI=1S/C23H25FN2O2/c1-3-12-25-13-10-23(11-14-25)16-26(21-9-8-17(28-2)15-19(21)23)22(27)18-6-4-5-7-20(18)24/h3-9,15H,1,10-14,16H2,2H3. The predicted molar refractivity (Wildman–Crippen MR) is 109 cm³/mol. The molecule has 28 heavy (non-hydrogen) atoms. The van der Waals surface area contributed by atoms with Gasteiger partial charge in [-0.25, -0.2) is 4.39 Å². The highest BCUT2D eigenvalue weighted by molar-refractivity contribution is 6.08. The van der Waals surface area contributed by atoms with E-state index in [9.17, 15) is 9.18 Å². The number of piperidine rings is 1. The molecule has 4 nitrogen and oxygen atoms in total. The molecule has 5 heteroatoms. The molecule has 2 aromatic rings. The largest absolute Gasteiger partial charge is 0.497 e. The Morgan fingerprint density at radius 3 is 2.68 bits per heavy atom. The van der Waals surface area contributed by atoms with E-state index in [1.54, 1.807) is 30.2 Å². The van der Waals surface area contributed by atoms with Crippen LogP contribution in [0.15, 0.2) is 55.1 Å². The average Bonchev–Trinajstić information content (AvgIpc) is 3.03. The first kappa shape index (κ1) is 18.7. The molecule has 0 unspecified atom stereocenters. The van der Waals surface area contributed by atoms with E-state index >= 15 is 0 Å². The smallest absolute Gasteiger partial charge is 0.261 e. The number of methoxy groups -OCH3 is 1. The van der Waals surface area contributed by atoms with Gasteiger partial charge in [-0.15, -0.1) is 6.58 Å². The number of amides is 1. The maximum absolute atomic E-state index is 14.3. The summed E-state index contributed by atoms with van der Waals surface area (Å²) in [6.45, 7) is 7.18. The number of carbonyl (C=O) groups excluding carboxylic acids is 1. The quantitative estimate of drug-likeness (QED) is 0.752. The molecule has 2 aromatic carbocycles. The van der Waals surface area contributed by atoms with Crippen molar-refractivity contribution < 1.29 is 13.9 Å². The van der Waals surface area contributed by atoms with Crippen molar-refractivity contribution in [1.29, 1.82) is 0 Å². The van der Waals surface area contributed by atoms with Gasteiger partial charge in [0, 0.05) is 24.2 Å². The Kier molecular flexibility index (Phi) is 4.94. The van der Waals surface area contributed by atoms with Gasteiger partial charge in [-0.3, -0.25) is 9.69 Å². The summed E-state index contributed by atoms with van der Waals surface area (Å²) >= 11 is 0. The van der Waals surface area contributed by atoms with Crippen LogP contribution >= 0.6 is 0 Å². The Morgan fingerprint density at radius 1 is 1.25 bits per heavy atom. The Hall–Kier alpha value is -2.66. The van der Waals surface area contributed by atoms with Crippen LogP contribution in [0.3, 0.4) is 0 Å². The lowest BCUT2D eigenvalue weighted by Gasteiger charge is -2.39. The first-order valence-electron chi connectivity index (χ1n) is 9.66. The molecule has 1 fully saturated rings. The number of hydrogen-bond acceptors (Lipinski definition) is 3. The van der Waals surface area contributed by atoms with Gasteiger partial charge in [0.2, 0.25) is 0 Å². The maximum atomic E-state index is 14.3. The third-order valence-electron chi connectivity index (χ3n) is 6.08. The summed E-state index contributed by atoms with van der Waals surface area (Å²) in [5, 5.41) is 0. The monoisotopic (exact) mass is 380 g/mol. The van der Waals surface area contributed by atoms with Crippen LogP contribution in [0, 0.1) is 5.82 Å². The van der Waals surface area contributed by atoms with Crippen LogP contribution in [0.1, 0.15) is 28.8 Å². The van der Waals surface area contributed by atoms with E-state index in [0.29, 0.717) is 6.54 Å². The van der Waals surface area contributed by atoms with Crippen LogP contribution < -0.4 is 9.64 Å². The van der Waals surface area contributed by atoms with Crippen LogP contribution in [0.2, 0.25) is 0 Å². The molecule has 0 N–H and O–H groups in total. The molecule has 0 aliphatic carbocycles. The zero-order valence-corrected chi connectivity index (χ0v) is 16.2. The summed E-state index contributed by atoms with van der Waals surface area (Å²) in [4.78, 5) is 17.3. The van der Waals surface area contributed by atoms with Gasteiger partial charge in [0.05, 0.1) is 12.7 Å². The Labute approximate surface area is 165 Å². The molecule has 0 bridgehead atoms. The first-order valence-corrected chi connectivity index (χ1v) is 9.66. The molecule has 0 radical (unpaired) electrons. The molecule has 0 saturated carbocycles. The molecule has 2 aliphatic heterocycles. The number of ether oxygens (including phenoxy) is 1. The van der Waals surface area contributed by atoms with E-state index in [1.807, 2.05) is 24.3 Å². The molecule has 4 rings (SSSR count). The summed E-state index contributed by atoms with van der Waals surface area (Å²) < 4.78 is 19.7. The molecule has 0 atom stereocenters. The van der Waals surface area contributed by atoms with Crippen molar-refractivity contribution in [3.8, 4) is 5.75 Å². The van der Waals surface area contributed by atoms with Crippen molar-refractivity contribution in [2.45, 2.75) is 18.3 Å². The van der Waals surface area contributed by atoms with Gasteiger partial charge in [0.25, 0.3) is 5.91 Å². The third-order valence-corrected chi connectivity index (χ3v) is 6.08. The fourth-order valence-corrected chi connectivity index (χ4v) is 4.51.